The second-order valence-corrected chi connectivity index (χ2v) is 6.99. The molecule has 1 amide bonds. The molecule has 0 radical (unpaired) electrons. The Bertz CT molecular complexity index is 1220. The van der Waals surface area contributed by atoms with Gasteiger partial charge in [0, 0.05) is 23.8 Å². The molecule has 2 heterocycles. The Balaban J connectivity index is 1.89. The first kappa shape index (κ1) is 18.1. The van der Waals surface area contributed by atoms with Crippen LogP contribution in [0.15, 0.2) is 33.9 Å². The van der Waals surface area contributed by atoms with Crippen molar-refractivity contribution in [3.8, 4) is 0 Å². The van der Waals surface area contributed by atoms with E-state index in [1.807, 2.05) is 0 Å². The van der Waals surface area contributed by atoms with E-state index in [-0.39, 0.29) is 28.2 Å². The number of fused-ring (bicyclic) bond motifs is 1. The fourth-order valence-electron chi connectivity index (χ4n) is 3.22. The van der Waals surface area contributed by atoms with Gasteiger partial charge in [0.2, 0.25) is 0 Å². The molecule has 1 aromatic carbocycles. The summed E-state index contributed by atoms with van der Waals surface area (Å²) in [5, 5.41) is 2.69. The molecule has 7 nitrogen and oxygen atoms in total. The topological polar surface area (TPSA) is 96.9 Å². The predicted molar refractivity (Wildman–Crippen MR) is 103 cm³/mol. The predicted octanol–water partition coefficient (Wildman–Crippen LogP) is 2.68. The van der Waals surface area contributed by atoms with Crippen LogP contribution in [0.3, 0.4) is 0 Å². The highest BCUT2D eigenvalue weighted by Crippen LogP contribution is 2.40. The number of nitrogens with zero attached hydrogens (tertiary/aromatic N) is 2. The number of aromatic amines is 1. The van der Waals surface area contributed by atoms with Crippen LogP contribution in [0.25, 0.3) is 11.0 Å². The summed E-state index contributed by atoms with van der Waals surface area (Å²) in [5.41, 5.74) is 0.516. The van der Waals surface area contributed by atoms with Gasteiger partial charge in [-0.2, -0.15) is 0 Å². The van der Waals surface area contributed by atoms with Crippen molar-refractivity contribution < 1.29 is 9.18 Å². The van der Waals surface area contributed by atoms with Gasteiger partial charge in [0.25, 0.3) is 11.5 Å². The maximum Gasteiger partial charge on any atom is 0.329 e. The number of pyridine rings is 1. The average Bonchev–Trinajstić information content (AvgIpc) is 3.49. The molecule has 0 atom stereocenters. The zero-order chi connectivity index (χ0) is 20.0. The highest BCUT2D eigenvalue weighted by molar-refractivity contribution is 6.11. The molecule has 0 spiro atoms. The molecule has 3 aromatic rings. The number of aryl methyl sites for hydroxylation is 2. The third-order valence-electron chi connectivity index (χ3n) is 4.95. The van der Waals surface area contributed by atoms with Crippen molar-refractivity contribution in [2.24, 2.45) is 0 Å². The molecule has 1 aliphatic rings. The average molecular weight is 382 g/mol. The Hall–Kier alpha value is -3.29. The molecule has 1 fully saturated rings. The molecule has 0 bridgehead atoms. The van der Waals surface area contributed by atoms with Crippen LogP contribution < -0.4 is 16.6 Å². The molecule has 2 aromatic heterocycles. The zero-order valence-electron chi connectivity index (χ0n) is 15.5. The molecule has 4 rings (SSSR count). The SMILES string of the molecule is CCn1c(=O)[nH]c(=O)c2c(C(=O)Nc3ccc(C)c(F)c3)cc(C3CC3)nc21. The van der Waals surface area contributed by atoms with Crippen molar-refractivity contribution in [1.29, 1.82) is 0 Å². The van der Waals surface area contributed by atoms with Crippen molar-refractivity contribution in [2.75, 3.05) is 5.32 Å². The molecule has 144 valence electrons. The van der Waals surface area contributed by atoms with Gasteiger partial charge in [0.15, 0.2) is 5.65 Å². The first-order valence-electron chi connectivity index (χ1n) is 9.14. The summed E-state index contributed by atoms with van der Waals surface area (Å²) in [4.78, 5) is 44.3. The van der Waals surface area contributed by atoms with Gasteiger partial charge in [0.05, 0.1) is 10.9 Å². The number of nitrogens with one attached hydrogen (secondary N) is 2. The Morgan fingerprint density at radius 2 is 2.07 bits per heavy atom. The molecular formula is C20H19FN4O3. The fourth-order valence-corrected chi connectivity index (χ4v) is 3.22. The molecule has 1 saturated carbocycles. The molecule has 1 aliphatic carbocycles. The number of carbonyl (C=O) groups excluding carboxylic acids is 1. The Kier molecular flexibility index (Phi) is 4.33. The highest BCUT2D eigenvalue weighted by atomic mass is 19.1. The van der Waals surface area contributed by atoms with Gasteiger partial charge < -0.3 is 5.32 Å². The smallest absolute Gasteiger partial charge is 0.322 e. The molecule has 28 heavy (non-hydrogen) atoms. The highest BCUT2D eigenvalue weighted by Gasteiger charge is 2.28. The van der Waals surface area contributed by atoms with Crippen molar-refractivity contribution in [3.05, 3.63) is 67.7 Å². The second-order valence-electron chi connectivity index (χ2n) is 6.99. The van der Waals surface area contributed by atoms with Crippen LogP contribution in [0.4, 0.5) is 10.1 Å². The van der Waals surface area contributed by atoms with Crippen molar-refractivity contribution in [2.45, 2.75) is 39.2 Å². The lowest BCUT2D eigenvalue weighted by Gasteiger charge is -2.13. The van der Waals surface area contributed by atoms with E-state index in [4.69, 9.17) is 0 Å². The third kappa shape index (κ3) is 3.11. The summed E-state index contributed by atoms with van der Waals surface area (Å²) in [7, 11) is 0. The van der Waals surface area contributed by atoms with E-state index in [2.05, 4.69) is 15.3 Å². The number of halogens is 1. The first-order valence-corrected chi connectivity index (χ1v) is 9.14. The molecular weight excluding hydrogens is 363 g/mol. The van der Waals surface area contributed by atoms with Crippen LogP contribution >= 0.6 is 0 Å². The summed E-state index contributed by atoms with van der Waals surface area (Å²) in [6.07, 6.45) is 1.89. The Morgan fingerprint density at radius 3 is 2.71 bits per heavy atom. The van der Waals surface area contributed by atoms with Gasteiger partial charge >= 0.3 is 5.69 Å². The standard InChI is InChI=1S/C20H19FN4O3/c1-3-25-17-16(19(27)24-20(25)28)13(9-15(23-17)11-5-6-11)18(26)22-12-7-4-10(2)14(21)8-12/h4,7-9,11H,3,5-6H2,1-2H3,(H,22,26)(H,24,27,28). The van der Waals surface area contributed by atoms with Crippen LogP contribution in [0, 0.1) is 12.7 Å². The first-order chi connectivity index (χ1) is 13.4. The van der Waals surface area contributed by atoms with E-state index in [1.165, 1.54) is 10.6 Å². The van der Waals surface area contributed by atoms with Crippen LogP contribution in [0.5, 0.6) is 0 Å². The van der Waals surface area contributed by atoms with Gasteiger partial charge in [-0.05, 0) is 50.5 Å². The Labute approximate surface area is 159 Å². The number of hydrogen-bond donors (Lipinski definition) is 2. The quantitative estimate of drug-likeness (QED) is 0.725. The zero-order valence-corrected chi connectivity index (χ0v) is 15.5. The van der Waals surface area contributed by atoms with Crippen molar-refractivity contribution >= 4 is 22.6 Å². The fraction of sp³-hybridized carbons (Fsp3) is 0.300. The van der Waals surface area contributed by atoms with Crippen molar-refractivity contribution in [1.82, 2.24) is 14.5 Å². The number of hydrogen-bond acceptors (Lipinski definition) is 4. The summed E-state index contributed by atoms with van der Waals surface area (Å²) < 4.78 is 15.2. The maximum atomic E-state index is 13.8. The number of anilines is 1. The van der Waals surface area contributed by atoms with E-state index >= 15 is 0 Å². The lowest BCUT2D eigenvalue weighted by atomic mass is 10.1. The largest absolute Gasteiger partial charge is 0.329 e. The molecule has 2 N–H and O–H groups in total. The van der Waals surface area contributed by atoms with E-state index in [9.17, 15) is 18.8 Å². The van der Waals surface area contributed by atoms with Crippen LogP contribution in [-0.2, 0) is 6.54 Å². The monoisotopic (exact) mass is 382 g/mol. The van der Waals surface area contributed by atoms with Crippen molar-refractivity contribution in [3.63, 3.8) is 0 Å². The number of aromatic nitrogens is 3. The number of H-pyrrole nitrogens is 1. The maximum absolute atomic E-state index is 13.8. The van der Waals surface area contributed by atoms with Gasteiger partial charge in [0.1, 0.15) is 5.82 Å². The van der Waals surface area contributed by atoms with Crippen LogP contribution in [-0.4, -0.2) is 20.4 Å². The third-order valence-corrected chi connectivity index (χ3v) is 4.95. The number of amides is 1. The Morgan fingerprint density at radius 1 is 1.32 bits per heavy atom. The summed E-state index contributed by atoms with van der Waals surface area (Å²) >= 11 is 0. The normalized spacial score (nSPS) is 13.7. The number of benzene rings is 1. The van der Waals surface area contributed by atoms with E-state index < -0.39 is 23.0 Å². The van der Waals surface area contributed by atoms with Gasteiger partial charge in [-0.1, -0.05) is 6.07 Å². The molecule has 8 heteroatoms. The minimum atomic E-state index is -0.667. The summed E-state index contributed by atoms with van der Waals surface area (Å²) in [6.45, 7) is 3.69. The van der Waals surface area contributed by atoms with Gasteiger partial charge in [-0.25, -0.2) is 14.2 Å². The minimum Gasteiger partial charge on any atom is -0.322 e. The number of carbonyl (C=O) groups is 1. The molecule has 0 saturated heterocycles. The molecule has 0 unspecified atom stereocenters. The van der Waals surface area contributed by atoms with E-state index in [0.717, 1.165) is 12.8 Å². The lowest BCUT2D eigenvalue weighted by molar-refractivity contribution is 0.102. The number of rotatable bonds is 4. The molecule has 0 aliphatic heterocycles. The van der Waals surface area contributed by atoms with Gasteiger partial charge in [-0.3, -0.25) is 19.1 Å². The van der Waals surface area contributed by atoms with Gasteiger partial charge in [-0.15, -0.1) is 0 Å². The van der Waals surface area contributed by atoms with E-state index in [0.29, 0.717) is 17.8 Å². The second kappa shape index (κ2) is 6.70. The van der Waals surface area contributed by atoms with Crippen LogP contribution in [0.1, 0.15) is 47.3 Å². The van der Waals surface area contributed by atoms with Crippen LogP contribution in [0.2, 0.25) is 0 Å². The summed E-state index contributed by atoms with van der Waals surface area (Å²) in [6, 6.07) is 5.98. The summed E-state index contributed by atoms with van der Waals surface area (Å²) in [5.74, 6) is -0.773. The minimum absolute atomic E-state index is 0.0518. The van der Waals surface area contributed by atoms with E-state index in [1.54, 1.807) is 32.0 Å². The lowest BCUT2D eigenvalue weighted by Crippen LogP contribution is -2.32.